The van der Waals surface area contributed by atoms with Crippen LogP contribution in [0.3, 0.4) is 0 Å². The van der Waals surface area contributed by atoms with E-state index < -0.39 is 0 Å². The average molecular weight is 212 g/mol. The Labute approximate surface area is 95.4 Å². The maximum atomic E-state index is 3.40. The van der Waals surface area contributed by atoms with Crippen molar-refractivity contribution >= 4 is 0 Å². The molecule has 0 radical (unpaired) electrons. The summed E-state index contributed by atoms with van der Waals surface area (Å²) in [4.78, 5) is 2.66. The van der Waals surface area contributed by atoms with Crippen molar-refractivity contribution in [1.29, 1.82) is 0 Å². The van der Waals surface area contributed by atoms with Crippen LogP contribution in [0.1, 0.15) is 52.9 Å². The lowest BCUT2D eigenvalue weighted by Gasteiger charge is -2.38. The number of hydrogen-bond acceptors (Lipinski definition) is 2. The van der Waals surface area contributed by atoms with Crippen molar-refractivity contribution in [3.63, 3.8) is 0 Å². The van der Waals surface area contributed by atoms with Crippen molar-refractivity contribution in [3.05, 3.63) is 0 Å². The van der Waals surface area contributed by atoms with E-state index in [0.717, 1.165) is 6.04 Å². The molecular weight excluding hydrogens is 184 g/mol. The Morgan fingerprint density at radius 2 is 1.80 bits per heavy atom. The second kappa shape index (κ2) is 5.86. The maximum absolute atomic E-state index is 3.40. The molecule has 1 saturated carbocycles. The highest BCUT2D eigenvalue weighted by Crippen LogP contribution is 2.23. The Hall–Kier alpha value is -0.0800. The standard InChI is InChI=1S/C13H28N2/c1-5-15(11-13(2,3)14-4)12-9-7-6-8-10-12/h12,14H,5-11H2,1-4H3. The molecule has 1 rings (SSSR count). The Kier molecular flexibility index (Phi) is 5.07. The second-order valence-corrected chi connectivity index (χ2v) is 5.49. The van der Waals surface area contributed by atoms with Gasteiger partial charge in [-0.25, -0.2) is 0 Å². The first kappa shape index (κ1) is 13.0. The molecule has 0 amide bonds. The van der Waals surface area contributed by atoms with Crippen LogP contribution in [-0.4, -0.2) is 36.6 Å². The van der Waals surface area contributed by atoms with Crippen molar-refractivity contribution in [3.8, 4) is 0 Å². The summed E-state index contributed by atoms with van der Waals surface area (Å²) in [5.74, 6) is 0. The molecule has 0 heterocycles. The molecule has 0 bridgehead atoms. The van der Waals surface area contributed by atoms with Crippen molar-refractivity contribution in [1.82, 2.24) is 10.2 Å². The van der Waals surface area contributed by atoms with E-state index in [1.165, 1.54) is 45.2 Å². The largest absolute Gasteiger partial charge is 0.314 e. The fourth-order valence-electron chi connectivity index (χ4n) is 2.53. The Morgan fingerprint density at radius 3 is 2.27 bits per heavy atom. The van der Waals surface area contributed by atoms with Crippen LogP contribution in [0.5, 0.6) is 0 Å². The summed E-state index contributed by atoms with van der Waals surface area (Å²) < 4.78 is 0. The lowest BCUT2D eigenvalue weighted by Crippen LogP contribution is -2.50. The highest BCUT2D eigenvalue weighted by Gasteiger charge is 2.25. The van der Waals surface area contributed by atoms with Crippen LogP contribution in [0.2, 0.25) is 0 Å². The zero-order valence-electron chi connectivity index (χ0n) is 11.0. The third-order valence-electron chi connectivity index (χ3n) is 3.77. The van der Waals surface area contributed by atoms with Gasteiger partial charge in [-0.2, -0.15) is 0 Å². The van der Waals surface area contributed by atoms with Gasteiger partial charge in [0.1, 0.15) is 0 Å². The lowest BCUT2D eigenvalue weighted by molar-refractivity contribution is 0.128. The summed E-state index contributed by atoms with van der Waals surface area (Å²) >= 11 is 0. The van der Waals surface area contributed by atoms with E-state index in [4.69, 9.17) is 0 Å². The minimum absolute atomic E-state index is 0.244. The predicted octanol–water partition coefficient (Wildman–Crippen LogP) is 2.64. The zero-order valence-corrected chi connectivity index (χ0v) is 11.0. The summed E-state index contributed by atoms with van der Waals surface area (Å²) in [5, 5.41) is 3.40. The summed E-state index contributed by atoms with van der Waals surface area (Å²) in [5.41, 5.74) is 0.244. The van der Waals surface area contributed by atoms with Gasteiger partial charge in [-0.1, -0.05) is 26.2 Å². The number of nitrogens with one attached hydrogen (secondary N) is 1. The van der Waals surface area contributed by atoms with Crippen LogP contribution in [0.15, 0.2) is 0 Å². The molecule has 1 fully saturated rings. The number of hydrogen-bond donors (Lipinski definition) is 1. The monoisotopic (exact) mass is 212 g/mol. The summed E-state index contributed by atoms with van der Waals surface area (Å²) in [6.45, 7) is 9.23. The lowest BCUT2D eigenvalue weighted by atomic mass is 9.92. The fourth-order valence-corrected chi connectivity index (χ4v) is 2.53. The molecule has 0 aromatic heterocycles. The molecule has 1 aliphatic rings. The molecule has 2 nitrogen and oxygen atoms in total. The molecule has 0 spiro atoms. The van der Waals surface area contributed by atoms with Crippen LogP contribution in [-0.2, 0) is 0 Å². The van der Waals surface area contributed by atoms with Gasteiger partial charge in [0, 0.05) is 18.1 Å². The van der Waals surface area contributed by atoms with Crippen molar-refractivity contribution in [2.45, 2.75) is 64.5 Å². The number of likely N-dealkylation sites (N-methyl/N-ethyl adjacent to an activating group) is 2. The minimum Gasteiger partial charge on any atom is -0.314 e. The van der Waals surface area contributed by atoms with Crippen molar-refractivity contribution in [2.75, 3.05) is 20.1 Å². The van der Waals surface area contributed by atoms with E-state index in [1.807, 2.05) is 0 Å². The van der Waals surface area contributed by atoms with Gasteiger partial charge in [0.2, 0.25) is 0 Å². The van der Waals surface area contributed by atoms with Crippen LogP contribution in [0, 0.1) is 0 Å². The third-order valence-corrected chi connectivity index (χ3v) is 3.77. The van der Waals surface area contributed by atoms with E-state index >= 15 is 0 Å². The molecular formula is C13H28N2. The van der Waals surface area contributed by atoms with Crippen LogP contribution in [0.25, 0.3) is 0 Å². The summed E-state index contributed by atoms with van der Waals surface area (Å²) in [7, 11) is 2.06. The van der Waals surface area contributed by atoms with Gasteiger partial charge in [0.25, 0.3) is 0 Å². The fraction of sp³-hybridized carbons (Fsp3) is 1.00. The number of rotatable bonds is 5. The topological polar surface area (TPSA) is 15.3 Å². The first-order valence-electron chi connectivity index (χ1n) is 6.52. The van der Waals surface area contributed by atoms with E-state index in [2.05, 4.69) is 38.0 Å². The molecule has 0 aromatic rings. The van der Waals surface area contributed by atoms with Crippen molar-refractivity contribution in [2.24, 2.45) is 0 Å². The highest BCUT2D eigenvalue weighted by molar-refractivity contribution is 4.84. The smallest absolute Gasteiger partial charge is 0.0249 e. The molecule has 0 saturated heterocycles. The van der Waals surface area contributed by atoms with Crippen molar-refractivity contribution < 1.29 is 0 Å². The Morgan fingerprint density at radius 1 is 1.20 bits per heavy atom. The van der Waals surface area contributed by atoms with Gasteiger partial charge in [0.05, 0.1) is 0 Å². The van der Waals surface area contributed by atoms with Gasteiger partial charge < -0.3 is 5.32 Å². The van der Waals surface area contributed by atoms with Gasteiger partial charge in [-0.15, -0.1) is 0 Å². The first-order valence-corrected chi connectivity index (χ1v) is 6.52. The zero-order chi connectivity index (χ0) is 11.3. The molecule has 90 valence electrons. The van der Waals surface area contributed by atoms with E-state index in [9.17, 15) is 0 Å². The predicted molar refractivity (Wildman–Crippen MR) is 67.3 cm³/mol. The minimum atomic E-state index is 0.244. The first-order chi connectivity index (χ1) is 7.09. The molecule has 2 heteroatoms. The molecule has 0 aromatic carbocycles. The molecule has 15 heavy (non-hydrogen) atoms. The Bertz CT molecular complexity index is 171. The van der Waals surface area contributed by atoms with Gasteiger partial charge >= 0.3 is 0 Å². The molecule has 0 unspecified atom stereocenters. The average Bonchev–Trinajstić information content (AvgIpc) is 2.27. The Balaban J connectivity index is 2.46. The normalized spacial score (nSPS) is 19.8. The SMILES string of the molecule is CCN(CC(C)(C)NC)C1CCCCC1. The molecule has 1 N–H and O–H groups in total. The van der Waals surface area contributed by atoms with E-state index in [0.29, 0.717) is 0 Å². The van der Waals surface area contributed by atoms with E-state index in [-0.39, 0.29) is 5.54 Å². The van der Waals surface area contributed by atoms with E-state index in [1.54, 1.807) is 0 Å². The summed E-state index contributed by atoms with van der Waals surface area (Å²) in [6.07, 6.45) is 7.13. The summed E-state index contributed by atoms with van der Waals surface area (Å²) in [6, 6.07) is 0.844. The highest BCUT2D eigenvalue weighted by atomic mass is 15.2. The number of nitrogens with zero attached hydrogens (tertiary/aromatic N) is 1. The third kappa shape index (κ3) is 4.12. The van der Waals surface area contributed by atoms with Gasteiger partial charge in [-0.3, -0.25) is 4.90 Å². The maximum Gasteiger partial charge on any atom is 0.0249 e. The molecule has 1 aliphatic carbocycles. The molecule has 0 aliphatic heterocycles. The molecule has 0 atom stereocenters. The van der Waals surface area contributed by atoms with Gasteiger partial charge in [0.15, 0.2) is 0 Å². The van der Waals surface area contributed by atoms with Crippen LogP contribution >= 0.6 is 0 Å². The quantitative estimate of drug-likeness (QED) is 0.753. The van der Waals surface area contributed by atoms with Gasteiger partial charge in [-0.05, 0) is 40.3 Å². The van der Waals surface area contributed by atoms with Crippen LogP contribution < -0.4 is 5.32 Å². The van der Waals surface area contributed by atoms with Crippen LogP contribution in [0.4, 0.5) is 0 Å². The second-order valence-electron chi connectivity index (χ2n) is 5.49.